The Morgan fingerprint density at radius 2 is 2.27 bits per heavy atom. The van der Waals surface area contributed by atoms with Crippen molar-refractivity contribution in [1.82, 2.24) is 15.1 Å². The lowest BCUT2D eigenvalue weighted by atomic mass is 10.2. The third-order valence-corrected chi connectivity index (χ3v) is 2.26. The third kappa shape index (κ3) is 1.16. The standard InChI is InChI=1S/C8H13N3/c1-11-8-3-5-9-4-2-7(8)6-10-11/h6,9H,2-5H2,1H3. The zero-order valence-corrected chi connectivity index (χ0v) is 6.80. The molecule has 1 aliphatic heterocycles. The Morgan fingerprint density at radius 3 is 3.18 bits per heavy atom. The molecule has 3 nitrogen and oxygen atoms in total. The van der Waals surface area contributed by atoms with Gasteiger partial charge in [-0.2, -0.15) is 5.10 Å². The number of aryl methyl sites for hydroxylation is 1. The zero-order chi connectivity index (χ0) is 7.68. The molecule has 60 valence electrons. The molecule has 0 bridgehead atoms. The highest BCUT2D eigenvalue weighted by Crippen LogP contribution is 2.10. The molecule has 1 aliphatic rings. The minimum atomic E-state index is 1.09. The van der Waals surface area contributed by atoms with Crippen LogP contribution in [0.2, 0.25) is 0 Å². The van der Waals surface area contributed by atoms with Gasteiger partial charge in [-0.1, -0.05) is 0 Å². The van der Waals surface area contributed by atoms with Crippen molar-refractivity contribution in [3.8, 4) is 0 Å². The van der Waals surface area contributed by atoms with Crippen LogP contribution in [0.25, 0.3) is 0 Å². The van der Waals surface area contributed by atoms with E-state index in [9.17, 15) is 0 Å². The van der Waals surface area contributed by atoms with Crippen LogP contribution in [0.1, 0.15) is 11.3 Å². The summed E-state index contributed by atoms with van der Waals surface area (Å²) < 4.78 is 1.99. The van der Waals surface area contributed by atoms with Gasteiger partial charge in [-0.15, -0.1) is 0 Å². The highest BCUT2D eigenvalue weighted by Gasteiger charge is 2.10. The SMILES string of the molecule is Cn1ncc2c1CCNCC2. The number of aromatic nitrogens is 2. The van der Waals surface area contributed by atoms with Crippen LogP contribution in [0.3, 0.4) is 0 Å². The van der Waals surface area contributed by atoms with Crippen LogP contribution in [-0.2, 0) is 19.9 Å². The van der Waals surface area contributed by atoms with Gasteiger partial charge in [0.15, 0.2) is 0 Å². The second kappa shape index (κ2) is 2.66. The van der Waals surface area contributed by atoms with Crippen LogP contribution in [-0.4, -0.2) is 22.9 Å². The molecule has 0 amide bonds. The van der Waals surface area contributed by atoms with E-state index in [-0.39, 0.29) is 0 Å². The molecule has 0 saturated carbocycles. The summed E-state index contributed by atoms with van der Waals surface area (Å²) >= 11 is 0. The molecule has 0 unspecified atom stereocenters. The molecule has 2 heterocycles. The molecule has 2 rings (SSSR count). The molecule has 0 radical (unpaired) electrons. The minimum Gasteiger partial charge on any atom is -0.316 e. The highest BCUT2D eigenvalue weighted by molar-refractivity contribution is 5.19. The molecule has 0 atom stereocenters. The van der Waals surface area contributed by atoms with Gasteiger partial charge in [0.05, 0.1) is 6.20 Å². The molecule has 3 heteroatoms. The van der Waals surface area contributed by atoms with Crippen molar-refractivity contribution in [3.63, 3.8) is 0 Å². The van der Waals surface area contributed by atoms with Gasteiger partial charge in [0.25, 0.3) is 0 Å². The van der Waals surface area contributed by atoms with E-state index in [1.807, 2.05) is 17.9 Å². The average molecular weight is 151 g/mol. The number of nitrogens with zero attached hydrogens (tertiary/aromatic N) is 2. The lowest BCUT2D eigenvalue weighted by molar-refractivity contribution is 0.666. The van der Waals surface area contributed by atoms with Gasteiger partial charge in [0, 0.05) is 25.7 Å². The lowest BCUT2D eigenvalue weighted by Gasteiger charge is -1.99. The van der Waals surface area contributed by atoms with E-state index in [1.165, 1.54) is 11.3 Å². The van der Waals surface area contributed by atoms with E-state index in [2.05, 4.69) is 10.4 Å². The molecule has 0 fully saturated rings. The van der Waals surface area contributed by atoms with E-state index in [4.69, 9.17) is 0 Å². The van der Waals surface area contributed by atoms with Gasteiger partial charge in [-0.05, 0) is 18.5 Å². The van der Waals surface area contributed by atoms with E-state index in [0.29, 0.717) is 0 Å². The summed E-state index contributed by atoms with van der Waals surface area (Å²) in [6.07, 6.45) is 4.23. The van der Waals surface area contributed by atoms with Gasteiger partial charge in [-0.3, -0.25) is 4.68 Å². The molecule has 11 heavy (non-hydrogen) atoms. The number of hydrogen-bond donors (Lipinski definition) is 1. The highest BCUT2D eigenvalue weighted by atomic mass is 15.3. The fraction of sp³-hybridized carbons (Fsp3) is 0.625. The lowest BCUT2D eigenvalue weighted by Crippen LogP contribution is -2.17. The second-order valence-electron chi connectivity index (χ2n) is 2.99. The van der Waals surface area contributed by atoms with Gasteiger partial charge >= 0.3 is 0 Å². The van der Waals surface area contributed by atoms with E-state index < -0.39 is 0 Å². The molecule has 0 aromatic carbocycles. The Bertz CT molecular complexity index is 252. The Hall–Kier alpha value is -0.830. The topological polar surface area (TPSA) is 29.9 Å². The van der Waals surface area contributed by atoms with Crippen molar-refractivity contribution in [1.29, 1.82) is 0 Å². The smallest absolute Gasteiger partial charge is 0.0525 e. The maximum atomic E-state index is 4.23. The predicted octanol–water partition coefficient (Wildman–Crippen LogP) is 0.108. The first kappa shape index (κ1) is 6.85. The van der Waals surface area contributed by atoms with E-state index >= 15 is 0 Å². The van der Waals surface area contributed by atoms with Gasteiger partial charge in [0.1, 0.15) is 0 Å². The first-order chi connectivity index (χ1) is 5.38. The summed E-state index contributed by atoms with van der Waals surface area (Å²) in [6.45, 7) is 2.19. The van der Waals surface area contributed by atoms with Crippen LogP contribution in [0.4, 0.5) is 0 Å². The molecular weight excluding hydrogens is 138 g/mol. The van der Waals surface area contributed by atoms with Crippen LogP contribution >= 0.6 is 0 Å². The Labute approximate surface area is 66.4 Å². The van der Waals surface area contributed by atoms with Gasteiger partial charge in [0.2, 0.25) is 0 Å². The van der Waals surface area contributed by atoms with E-state index in [0.717, 1.165) is 25.9 Å². The Balaban J connectivity index is 2.35. The van der Waals surface area contributed by atoms with Crippen molar-refractivity contribution < 1.29 is 0 Å². The zero-order valence-electron chi connectivity index (χ0n) is 6.80. The summed E-state index contributed by atoms with van der Waals surface area (Å²) in [4.78, 5) is 0. The molecule has 0 spiro atoms. The van der Waals surface area contributed by atoms with Gasteiger partial charge < -0.3 is 5.32 Å². The molecule has 0 aliphatic carbocycles. The monoisotopic (exact) mass is 151 g/mol. The normalized spacial score (nSPS) is 17.5. The fourth-order valence-electron chi connectivity index (χ4n) is 1.59. The van der Waals surface area contributed by atoms with Gasteiger partial charge in [-0.25, -0.2) is 0 Å². The molecule has 1 aromatic heterocycles. The third-order valence-electron chi connectivity index (χ3n) is 2.26. The van der Waals surface area contributed by atoms with Crippen LogP contribution in [0, 0.1) is 0 Å². The van der Waals surface area contributed by atoms with Crippen LogP contribution in [0.15, 0.2) is 6.20 Å². The maximum absolute atomic E-state index is 4.23. The number of nitrogens with one attached hydrogen (secondary N) is 1. The first-order valence-corrected chi connectivity index (χ1v) is 4.08. The Morgan fingerprint density at radius 1 is 1.45 bits per heavy atom. The molecule has 1 aromatic rings. The maximum Gasteiger partial charge on any atom is 0.0525 e. The summed E-state index contributed by atoms with van der Waals surface area (Å²) in [5.74, 6) is 0. The van der Waals surface area contributed by atoms with Crippen molar-refractivity contribution in [3.05, 3.63) is 17.5 Å². The van der Waals surface area contributed by atoms with E-state index in [1.54, 1.807) is 0 Å². The summed E-state index contributed by atoms with van der Waals surface area (Å²) in [5, 5.41) is 7.60. The first-order valence-electron chi connectivity index (χ1n) is 4.08. The number of hydrogen-bond acceptors (Lipinski definition) is 2. The summed E-state index contributed by atoms with van der Waals surface area (Å²) in [5.41, 5.74) is 2.81. The predicted molar refractivity (Wildman–Crippen MR) is 43.5 cm³/mol. The van der Waals surface area contributed by atoms with Crippen LogP contribution in [0.5, 0.6) is 0 Å². The fourth-order valence-corrected chi connectivity index (χ4v) is 1.59. The average Bonchev–Trinajstić information content (AvgIpc) is 2.25. The molecule has 1 N–H and O–H groups in total. The summed E-state index contributed by atoms with van der Waals surface area (Å²) in [7, 11) is 2.02. The second-order valence-corrected chi connectivity index (χ2v) is 2.99. The minimum absolute atomic E-state index is 1.09. The molecular formula is C8H13N3. The van der Waals surface area contributed by atoms with Crippen molar-refractivity contribution in [2.75, 3.05) is 13.1 Å². The number of fused-ring (bicyclic) bond motifs is 1. The largest absolute Gasteiger partial charge is 0.316 e. The Kier molecular flexibility index (Phi) is 1.66. The quantitative estimate of drug-likeness (QED) is 0.570. The molecule has 0 saturated heterocycles. The summed E-state index contributed by atoms with van der Waals surface area (Å²) in [6, 6.07) is 0. The van der Waals surface area contributed by atoms with Crippen LogP contribution < -0.4 is 5.32 Å². The van der Waals surface area contributed by atoms with Crippen molar-refractivity contribution in [2.24, 2.45) is 7.05 Å². The number of rotatable bonds is 0. The van der Waals surface area contributed by atoms with Crippen molar-refractivity contribution in [2.45, 2.75) is 12.8 Å². The van der Waals surface area contributed by atoms with Crippen molar-refractivity contribution >= 4 is 0 Å².